The van der Waals surface area contributed by atoms with Gasteiger partial charge in [-0.15, -0.1) is 10.2 Å². The Hall–Kier alpha value is -1.69. The van der Waals surface area contributed by atoms with Crippen molar-refractivity contribution in [1.82, 2.24) is 15.5 Å². The standard InChI is InChI=1S/C15H25N5O/c1-11(2)8-17-9-12-4-3-7-20(10-12)14-6-5-13(15(16)21)18-19-14/h5-6,11-12,17H,3-4,7-10H2,1-2H3,(H2,16,21). The molecule has 1 unspecified atom stereocenters. The van der Waals surface area contributed by atoms with E-state index in [2.05, 4.69) is 34.3 Å². The Morgan fingerprint density at radius 1 is 1.48 bits per heavy atom. The van der Waals surface area contributed by atoms with Crippen LogP contribution in [0.15, 0.2) is 12.1 Å². The van der Waals surface area contributed by atoms with Gasteiger partial charge in [0.15, 0.2) is 11.5 Å². The summed E-state index contributed by atoms with van der Waals surface area (Å²) in [6, 6.07) is 3.47. The third-order valence-corrected chi connectivity index (χ3v) is 3.73. The Morgan fingerprint density at radius 2 is 2.29 bits per heavy atom. The second-order valence-electron chi connectivity index (χ2n) is 6.15. The van der Waals surface area contributed by atoms with Crippen LogP contribution in [0.4, 0.5) is 5.82 Å². The maximum Gasteiger partial charge on any atom is 0.269 e. The summed E-state index contributed by atoms with van der Waals surface area (Å²) in [5, 5.41) is 11.5. The van der Waals surface area contributed by atoms with E-state index >= 15 is 0 Å². The van der Waals surface area contributed by atoms with Crippen LogP contribution in [-0.2, 0) is 0 Å². The van der Waals surface area contributed by atoms with Gasteiger partial charge in [-0.2, -0.15) is 0 Å². The molecular formula is C15H25N5O. The second-order valence-corrected chi connectivity index (χ2v) is 6.15. The smallest absolute Gasteiger partial charge is 0.269 e. The fraction of sp³-hybridized carbons (Fsp3) is 0.667. The first-order chi connectivity index (χ1) is 10.1. The molecule has 1 atom stereocenters. The molecule has 1 saturated heterocycles. The second kappa shape index (κ2) is 7.36. The number of hydrogen-bond acceptors (Lipinski definition) is 5. The van der Waals surface area contributed by atoms with Crippen molar-refractivity contribution in [3.05, 3.63) is 17.8 Å². The van der Waals surface area contributed by atoms with E-state index in [0.717, 1.165) is 38.4 Å². The number of nitrogens with zero attached hydrogens (tertiary/aromatic N) is 3. The SMILES string of the molecule is CC(C)CNCC1CCCN(c2ccc(C(N)=O)nn2)C1. The minimum atomic E-state index is -0.538. The topological polar surface area (TPSA) is 84.1 Å². The lowest BCUT2D eigenvalue weighted by molar-refractivity contribution is 0.0994. The highest BCUT2D eigenvalue weighted by atomic mass is 16.1. The molecule has 21 heavy (non-hydrogen) atoms. The summed E-state index contributed by atoms with van der Waals surface area (Å²) in [4.78, 5) is 13.3. The summed E-state index contributed by atoms with van der Waals surface area (Å²) in [5.74, 6) is 1.60. The van der Waals surface area contributed by atoms with Gasteiger partial charge in [0.05, 0.1) is 0 Å². The van der Waals surface area contributed by atoms with E-state index in [1.54, 1.807) is 6.07 Å². The lowest BCUT2D eigenvalue weighted by Crippen LogP contribution is -2.40. The monoisotopic (exact) mass is 291 g/mol. The molecule has 3 N–H and O–H groups in total. The Labute approximate surface area is 126 Å². The average Bonchev–Trinajstić information content (AvgIpc) is 2.47. The minimum absolute atomic E-state index is 0.214. The van der Waals surface area contributed by atoms with Gasteiger partial charge in [0, 0.05) is 13.1 Å². The molecule has 0 aliphatic carbocycles. The van der Waals surface area contributed by atoms with Crippen molar-refractivity contribution >= 4 is 11.7 Å². The van der Waals surface area contributed by atoms with Gasteiger partial charge < -0.3 is 16.0 Å². The highest BCUT2D eigenvalue weighted by Gasteiger charge is 2.21. The number of carbonyl (C=O) groups is 1. The minimum Gasteiger partial charge on any atom is -0.364 e. The number of aromatic nitrogens is 2. The zero-order chi connectivity index (χ0) is 15.2. The summed E-state index contributed by atoms with van der Waals surface area (Å²) in [7, 11) is 0. The zero-order valence-corrected chi connectivity index (χ0v) is 12.9. The largest absolute Gasteiger partial charge is 0.364 e. The average molecular weight is 291 g/mol. The van der Waals surface area contributed by atoms with Gasteiger partial charge in [0.2, 0.25) is 0 Å². The number of amides is 1. The maximum atomic E-state index is 11.0. The molecule has 1 aliphatic heterocycles. The molecule has 1 aromatic heterocycles. The fourth-order valence-electron chi connectivity index (χ4n) is 2.64. The van der Waals surface area contributed by atoms with Crippen LogP contribution in [-0.4, -0.2) is 42.3 Å². The lowest BCUT2D eigenvalue weighted by Gasteiger charge is -2.33. The van der Waals surface area contributed by atoms with E-state index in [9.17, 15) is 4.79 Å². The van der Waals surface area contributed by atoms with Gasteiger partial charge in [-0.05, 0) is 49.9 Å². The van der Waals surface area contributed by atoms with Crippen molar-refractivity contribution < 1.29 is 4.79 Å². The zero-order valence-electron chi connectivity index (χ0n) is 12.9. The van der Waals surface area contributed by atoms with Crippen LogP contribution < -0.4 is 16.0 Å². The molecule has 116 valence electrons. The van der Waals surface area contributed by atoms with Crippen LogP contribution in [0, 0.1) is 11.8 Å². The van der Waals surface area contributed by atoms with Crippen LogP contribution in [0.5, 0.6) is 0 Å². The Balaban J connectivity index is 1.89. The highest BCUT2D eigenvalue weighted by Crippen LogP contribution is 2.20. The van der Waals surface area contributed by atoms with Crippen LogP contribution in [0.1, 0.15) is 37.2 Å². The molecule has 1 aromatic rings. The van der Waals surface area contributed by atoms with Crippen molar-refractivity contribution in [2.45, 2.75) is 26.7 Å². The number of piperidine rings is 1. The predicted octanol–water partition coefficient (Wildman–Crippen LogP) is 1.04. The van der Waals surface area contributed by atoms with Crippen LogP contribution in [0.2, 0.25) is 0 Å². The fourth-order valence-corrected chi connectivity index (χ4v) is 2.64. The summed E-state index contributed by atoms with van der Waals surface area (Å²) in [5.41, 5.74) is 5.39. The van der Waals surface area contributed by atoms with E-state index in [1.807, 2.05) is 6.07 Å². The number of nitrogens with two attached hydrogens (primary N) is 1. The number of nitrogens with one attached hydrogen (secondary N) is 1. The van der Waals surface area contributed by atoms with Crippen molar-refractivity contribution in [1.29, 1.82) is 0 Å². The molecule has 1 fully saturated rings. The maximum absolute atomic E-state index is 11.0. The first kappa shape index (κ1) is 15.7. The molecule has 0 radical (unpaired) electrons. The lowest BCUT2D eigenvalue weighted by atomic mass is 9.98. The van der Waals surface area contributed by atoms with Crippen LogP contribution >= 0.6 is 0 Å². The van der Waals surface area contributed by atoms with Gasteiger partial charge >= 0.3 is 0 Å². The van der Waals surface area contributed by atoms with Gasteiger partial charge in [-0.25, -0.2) is 0 Å². The molecular weight excluding hydrogens is 266 g/mol. The molecule has 0 bridgehead atoms. The van der Waals surface area contributed by atoms with Gasteiger partial charge in [0.25, 0.3) is 5.91 Å². The Bertz CT molecular complexity index is 460. The first-order valence-corrected chi connectivity index (χ1v) is 7.65. The molecule has 0 saturated carbocycles. The van der Waals surface area contributed by atoms with Crippen molar-refractivity contribution in [2.24, 2.45) is 17.6 Å². The molecule has 0 spiro atoms. The Morgan fingerprint density at radius 3 is 2.90 bits per heavy atom. The third kappa shape index (κ3) is 4.67. The molecule has 1 amide bonds. The van der Waals surface area contributed by atoms with Crippen molar-refractivity contribution in [2.75, 3.05) is 31.1 Å². The van der Waals surface area contributed by atoms with Gasteiger partial charge in [0.1, 0.15) is 0 Å². The molecule has 6 heteroatoms. The number of rotatable bonds is 6. The first-order valence-electron chi connectivity index (χ1n) is 7.65. The number of hydrogen-bond donors (Lipinski definition) is 2. The summed E-state index contributed by atoms with van der Waals surface area (Å²) < 4.78 is 0. The predicted molar refractivity (Wildman–Crippen MR) is 83.2 cm³/mol. The summed E-state index contributed by atoms with van der Waals surface area (Å²) in [6.45, 7) is 8.51. The molecule has 0 aromatic carbocycles. The number of carbonyl (C=O) groups excluding carboxylic acids is 1. The van der Waals surface area contributed by atoms with E-state index in [4.69, 9.17) is 5.73 Å². The van der Waals surface area contributed by atoms with Crippen LogP contribution in [0.25, 0.3) is 0 Å². The normalized spacial score (nSPS) is 19.0. The molecule has 1 aliphatic rings. The van der Waals surface area contributed by atoms with Crippen molar-refractivity contribution in [3.63, 3.8) is 0 Å². The molecule has 2 heterocycles. The van der Waals surface area contributed by atoms with E-state index < -0.39 is 5.91 Å². The van der Waals surface area contributed by atoms with Gasteiger partial charge in [-0.1, -0.05) is 13.8 Å². The van der Waals surface area contributed by atoms with E-state index in [-0.39, 0.29) is 5.69 Å². The molecule has 2 rings (SSSR count). The summed E-state index contributed by atoms with van der Waals surface area (Å²) in [6.07, 6.45) is 2.40. The van der Waals surface area contributed by atoms with Crippen LogP contribution in [0.3, 0.4) is 0 Å². The third-order valence-electron chi connectivity index (χ3n) is 3.73. The van der Waals surface area contributed by atoms with Gasteiger partial charge in [-0.3, -0.25) is 4.79 Å². The number of anilines is 1. The van der Waals surface area contributed by atoms with E-state index in [0.29, 0.717) is 11.8 Å². The quantitative estimate of drug-likeness (QED) is 0.818. The highest BCUT2D eigenvalue weighted by molar-refractivity contribution is 5.90. The molecule has 6 nitrogen and oxygen atoms in total. The van der Waals surface area contributed by atoms with Crippen molar-refractivity contribution in [3.8, 4) is 0 Å². The Kier molecular flexibility index (Phi) is 5.50. The van der Waals surface area contributed by atoms with E-state index in [1.165, 1.54) is 6.42 Å². The summed E-state index contributed by atoms with van der Waals surface area (Å²) >= 11 is 0. The number of primary amides is 1.